The van der Waals surface area contributed by atoms with Crippen molar-refractivity contribution in [2.75, 3.05) is 25.4 Å². The number of β-lactam (4-membered cyclic amide) rings is 1. The lowest BCUT2D eigenvalue weighted by atomic mass is 9.84. The second-order valence-corrected chi connectivity index (χ2v) is 13.3. The van der Waals surface area contributed by atoms with Gasteiger partial charge in [-0.3, -0.25) is 19.6 Å². The molecule has 3 heterocycles. The standard InChI is InChI=1S/C25H31ClN8O10S2/c1-25(2)18(22(36)34(25)44-46(39,40)41)32-21(35)17(16-19(26)45-24(28)31-16)33-43-15(23(37)38)11-42-14-5-3-12(4-6-14)20(27)30-13-7-9-29-10-8-13/h3-6,13,15,18,29H,7-11H2,1-2H3,(H2,27,30)(H2,28,31)(H,32,35)(H,37,38)(H,39,40,41)/b33-17-/t15-,18+/m0/s1. The van der Waals surface area contributed by atoms with Crippen molar-refractivity contribution in [1.29, 1.82) is 5.41 Å². The summed E-state index contributed by atoms with van der Waals surface area (Å²) in [7, 11) is -5.04. The first-order valence-electron chi connectivity index (χ1n) is 13.6. The summed E-state index contributed by atoms with van der Waals surface area (Å²) in [6.45, 7) is 3.87. The van der Waals surface area contributed by atoms with Crippen LogP contribution in [-0.2, 0) is 33.9 Å². The van der Waals surface area contributed by atoms with E-state index in [0.29, 0.717) is 10.6 Å². The molecule has 2 aromatic rings. The minimum absolute atomic E-state index is 0.0612. The van der Waals surface area contributed by atoms with Crippen molar-refractivity contribution >= 4 is 67.8 Å². The highest BCUT2D eigenvalue weighted by Gasteiger charge is 2.58. The molecule has 0 radical (unpaired) electrons. The van der Waals surface area contributed by atoms with E-state index in [9.17, 15) is 27.9 Å². The fourth-order valence-corrected chi connectivity index (χ4v) is 5.86. The normalized spacial score (nSPS) is 19.1. The van der Waals surface area contributed by atoms with Gasteiger partial charge in [0.25, 0.3) is 17.9 Å². The van der Waals surface area contributed by atoms with Crippen LogP contribution in [-0.4, -0.2) is 101 Å². The van der Waals surface area contributed by atoms with Crippen LogP contribution >= 0.6 is 22.9 Å². The quantitative estimate of drug-likeness (QED) is 0.0481. The lowest BCUT2D eigenvalue weighted by molar-refractivity contribution is -0.218. The Labute approximate surface area is 271 Å². The molecule has 46 heavy (non-hydrogen) atoms. The molecule has 8 N–H and O–H groups in total. The molecule has 0 saturated carbocycles. The number of nitrogens with zero attached hydrogens (tertiary/aromatic N) is 3. The smallest absolute Gasteiger partial charge is 0.418 e. The van der Waals surface area contributed by atoms with Crippen LogP contribution in [0.1, 0.15) is 37.9 Å². The molecule has 1 aromatic carbocycles. The number of thiazole rings is 1. The minimum Gasteiger partial charge on any atom is -0.489 e. The van der Waals surface area contributed by atoms with Gasteiger partial charge in [-0.25, -0.2) is 9.78 Å². The number of nitrogens with two attached hydrogens (primary N) is 1. The Balaban J connectivity index is 1.44. The Kier molecular flexibility index (Phi) is 10.7. The number of nitrogen functional groups attached to an aromatic ring is 1. The number of aromatic nitrogens is 1. The molecule has 2 amide bonds. The molecule has 0 unspecified atom stereocenters. The zero-order chi connectivity index (χ0) is 33.8. The number of amidine groups is 1. The third-order valence-electron chi connectivity index (χ3n) is 6.94. The first-order valence-corrected chi connectivity index (χ1v) is 16.1. The number of halogens is 1. The summed E-state index contributed by atoms with van der Waals surface area (Å²) in [6.07, 6.45) is 0.0580. The van der Waals surface area contributed by atoms with Crippen LogP contribution in [0.5, 0.6) is 5.75 Å². The Bertz CT molecular complexity index is 1630. The van der Waals surface area contributed by atoms with Crippen LogP contribution < -0.4 is 26.4 Å². The van der Waals surface area contributed by atoms with Gasteiger partial charge >= 0.3 is 16.4 Å². The maximum atomic E-state index is 13.3. The van der Waals surface area contributed by atoms with E-state index in [1.54, 1.807) is 24.3 Å². The van der Waals surface area contributed by atoms with E-state index >= 15 is 0 Å². The maximum Gasteiger partial charge on any atom is 0.418 e. The fourth-order valence-electron chi connectivity index (χ4n) is 4.48. The molecule has 2 aliphatic heterocycles. The van der Waals surface area contributed by atoms with Gasteiger partial charge in [-0.05, 0) is 64.0 Å². The summed E-state index contributed by atoms with van der Waals surface area (Å²) in [6, 6.07) is 5.21. The van der Waals surface area contributed by atoms with Gasteiger partial charge in [0.05, 0.1) is 5.54 Å². The predicted octanol–water partition coefficient (Wildman–Crippen LogP) is 0.139. The Morgan fingerprint density at radius 3 is 2.48 bits per heavy atom. The first kappa shape index (κ1) is 34.8. The number of piperidine rings is 1. The number of carboxylic acids is 1. The van der Waals surface area contributed by atoms with Gasteiger partial charge in [-0.2, -0.15) is 13.5 Å². The molecule has 0 bridgehead atoms. The number of rotatable bonds is 13. The Hall–Kier alpha value is -4.08. The molecule has 0 spiro atoms. The molecule has 250 valence electrons. The van der Waals surface area contributed by atoms with E-state index in [4.69, 9.17) is 36.9 Å². The molecule has 0 aliphatic carbocycles. The molecular weight excluding hydrogens is 672 g/mol. The van der Waals surface area contributed by atoms with Gasteiger partial charge in [-0.15, -0.1) is 4.28 Å². The van der Waals surface area contributed by atoms with E-state index < -0.39 is 58.2 Å². The lowest BCUT2D eigenvalue weighted by Crippen LogP contribution is -2.76. The van der Waals surface area contributed by atoms with Gasteiger partial charge in [0.2, 0.25) is 0 Å². The third kappa shape index (κ3) is 8.39. The number of ether oxygens (including phenoxy) is 1. The number of anilines is 1. The highest BCUT2D eigenvalue weighted by Crippen LogP contribution is 2.33. The highest BCUT2D eigenvalue weighted by atomic mass is 35.5. The van der Waals surface area contributed by atoms with E-state index in [0.717, 1.165) is 37.3 Å². The second-order valence-electron chi connectivity index (χ2n) is 10.6. The van der Waals surface area contributed by atoms with Gasteiger partial charge < -0.3 is 36.4 Å². The molecule has 1 aromatic heterocycles. The molecule has 2 saturated heterocycles. The van der Waals surface area contributed by atoms with Crippen LogP contribution in [0.3, 0.4) is 0 Å². The monoisotopic (exact) mass is 702 g/mol. The summed E-state index contributed by atoms with van der Waals surface area (Å²) in [5.74, 6) is -3.11. The van der Waals surface area contributed by atoms with Crippen molar-refractivity contribution in [1.82, 2.24) is 26.0 Å². The van der Waals surface area contributed by atoms with Crippen LogP contribution in [0.4, 0.5) is 5.13 Å². The van der Waals surface area contributed by atoms with Gasteiger partial charge in [0, 0.05) is 11.6 Å². The molecule has 4 rings (SSSR count). The zero-order valence-electron chi connectivity index (χ0n) is 24.4. The molecule has 18 nitrogen and oxygen atoms in total. The number of benzene rings is 1. The predicted molar refractivity (Wildman–Crippen MR) is 164 cm³/mol. The summed E-state index contributed by atoms with van der Waals surface area (Å²) in [5, 5.41) is 30.8. The van der Waals surface area contributed by atoms with E-state index in [2.05, 4.69) is 30.4 Å². The lowest BCUT2D eigenvalue weighted by Gasteiger charge is -2.50. The Morgan fingerprint density at radius 2 is 1.93 bits per heavy atom. The number of hydroxylamine groups is 2. The SMILES string of the molecule is CC1(C)[C@H](NC(=O)/C(=N\O[C@@H](COc2ccc(C(=N)NC3CCNCC3)cc2)C(=O)O)c2nc(N)sc2Cl)C(=O)N1OS(=O)(=O)O. The van der Waals surface area contributed by atoms with Crippen molar-refractivity contribution in [2.45, 2.75) is 50.4 Å². The topological polar surface area (TPSA) is 268 Å². The summed E-state index contributed by atoms with van der Waals surface area (Å²) >= 11 is 6.95. The highest BCUT2D eigenvalue weighted by molar-refractivity contribution is 7.80. The summed E-state index contributed by atoms with van der Waals surface area (Å²) in [4.78, 5) is 46.8. The third-order valence-corrected chi connectivity index (χ3v) is 8.36. The number of carbonyl (C=O) groups is 3. The zero-order valence-corrected chi connectivity index (χ0v) is 26.7. The fraction of sp³-hybridized carbons (Fsp3) is 0.440. The van der Waals surface area contributed by atoms with Gasteiger partial charge in [0.15, 0.2) is 10.8 Å². The van der Waals surface area contributed by atoms with E-state index in [-0.39, 0.29) is 32.8 Å². The number of aliphatic carboxylic acids is 1. The van der Waals surface area contributed by atoms with Crippen molar-refractivity contribution in [2.24, 2.45) is 5.16 Å². The molecule has 2 atom stereocenters. The summed E-state index contributed by atoms with van der Waals surface area (Å²) in [5.41, 5.74) is 3.91. The summed E-state index contributed by atoms with van der Waals surface area (Å²) < 4.78 is 40.9. The minimum atomic E-state index is -5.04. The van der Waals surface area contributed by atoms with Gasteiger partial charge in [0.1, 0.15) is 34.3 Å². The van der Waals surface area contributed by atoms with E-state index in [1.807, 2.05) is 0 Å². The number of hydrogen-bond acceptors (Lipinski definition) is 14. The number of carboxylic acid groups (broad SMARTS) is 1. The van der Waals surface area contributed by atoms with E-state index in [1.165, 1.54) is 13.8 Å². The second kappa shape index (κ2) is 14.1. The number of amides is 2. The first-order chi connectivity index (χ1) is 21.6. The number of nitrogens with one attached hydrogen (secondary N) is 4. The van der Waals surface area contributed by atoms with Crippen molar-refractivity contribution in [3.05, 3.63) is 39.9 Å². The number of oxime groups is 1. The van der Waals surface area contributed by atoms with Gasteiger partial charge in [-0.1, -0.05) is 28.1 Å². The maximum absolute atomic E-state index is 13.3. The molecular formula is C25H31ClN8O10S2. The molecule has 21 heteroatoms. The van der Waals surface area contributed by atoms with Crippen LogP contribution in [0.25, 0.3) is 0 Å². The number of hydrogen-bond donors (Lipinski definition) is 7. The Morgan fingerprint density at radius 1 is 1.28 bits per heavy atom. The number of carbonyl (C=O) groups excluding carboxylic acids is 2. The molecule has 2 aliphatic rings. The van der Waals surface area contributed by atoms with Crippen LogP contribution in [0.2, 0.25) is 4.34 Å². The average Bonchev–Trinajstić information content (AvgIpc) is 3.33. The molecule has 2 fully saturated rings. The van der Waals surface area contributed by atoms with Crippen molar-refractivity contribution < 1.29 is 46.3 Å². The van der Waals surface area contributed by atoms with Crippen LogP contribution in [0, 0.1) is 5.41 Å². The van der Waals surface area contributed by atoms with Crippen molar-refractivity contribution in [3.63, 3.8) is 0 Å². The average molecular weight is 703 g/mol. The van der Waals surface area contributed by atoms with Crippen LogP contribution in [0.15, 0.2) is 29.4 Å². The van der Waals surface area contributed by atoms with Crippen molar-refractivity contribution in [3.8, 4) is 5.75 Å². The largest absolute Gasteiger partial charge is 0.489 e.